The van der Waals surface area contributed by atoms with E-state index in [0.29, 0.717) is 10.6 Å². The molecule has 0 aliphatic rings. The van der Waals surface area contributed by atoms with Crippen LogP contribution >= 0.6 is 11.5 Å². The molecule has 1 N–H and O–H groups in total. The van der Waals surface area contributed by atoms with Gasteiger partial charge < -0.3 is 4.74 Å². The summed E-state index contributed by atoms with van der Waals surface area (Å²) < 4.78 is 8.74. The molecule has 98 valence electrons. The number of amides is 1. The predicted octanol–water partition coefficient (Wildman–Crippen LogP) is 1.62. The number of benzene rings is 1. The SMILES string of the molecule is COc1ccc(/C=N\NC(=O)c2snnc2C)cc1. The Morgan fingerprint density at radius 3 is 2.74 bits per heavy atom. The largest absolute Gasteiger partial charge is 0.497 e. The molecule has 0 fully saturated rings. The van der Waals surface area contributed by atoms with Crippen LogP contribution in [-0.2, 0) is 0 Å². The maximum Gasteiger partial charge on any atom is 0.285 e. The summed E-state index contributed by atoms with van der Waals surface area (Å²) in [6.07, 6.45) is 1.56. The molecule has 2 aromatic rings. The van der Waals surface area contributed by atoms with Crippen molar-refractivity contribution >= 4 is 23.7 Å². The third-order valence-corrected chi connectivity index (χ3v) is 3.18. The van der Waals surface area contributed by atoms with Gasteiger partial charge in [-0.15, -0.1) is 5.10 Å². The van der Waals surface area contributed by atoms with Crippen LogP contribution in [0.3, 0.4) is 0 Å². The van der Waals surface area contributed by atoms with E-state index in [1.165, 1.54) is 0 Å². The van der Waals surface area contributed by atoms with Crippen LogP contribution in [0.4, 0.5) is 0 Å². The number of hydrazone groups is 1. The van der Waals surface area contributed by atoms with Crippen molar-refractivity contribution in [2.75, 3.05) is 7.11 Å². The Morgan fingerprint density at radius 2 is 2.16 bits per heavy atom. The van der Waals surface area contributed by atoms with E-state index in [1.807, 2.05) is 24.3 Å². The molecule has 0 aliphatic heterocycles. The summed E-state index contributed by atoms with van der Waals surface area (Å²) in [6, 6.07) is 7.32. The smallest absolute Gasteiger partial charge is 0.285 e. The molecule has 7 heteroatoms. The number of carbonyl (C=O) groups excluding carboxylic acids is 1. The van der Waals surface area contributed by atoms with Crippen LogP contribution in [0.2, 0.25) is 0 Å². The lowest BCUT2D eigenvalue weighted by molar-refractivity contribution is 0.0958. The summed E-state index contributed by atoms with van der Waals surface area (Å²) in [7, 11) is 1.61. The van der Waals surface area contributed by atoms with Crippen LogP contribution in [0.5, 0.6) is 5.75 Å². The highest BCUT2D eigenvalue weighted by Gasteiger charge is 2.11. The number of ether oxygens (including phenoxy) is 1. The fraction of sp³-hybridized carbons (Fsp3) is 0.167. The number of methoxy groups -OCH3 is 1. The maximum absolute atomic E-state index is 11.7. The van der Waals surface area contributed by atoms with Gasteiger partial charge in [0.05, 0.1) is 19.0 Å². The summed E-state index contributed by atoms with van der Waals surface area (Å²) >= 11 is 1.05. The van der Waals surface area contributed by atoms with E-state index >= 15 is 0 Å². The molecule has 0 aliphatic carbocycles. The Labute approximate surface area is 114 Å². The van der Waals surface area contributed by atoms with Gasteiger partial charge in [-0.1, -0.05) is 4.49 Å². The quantitative estimate of drug-likeness (QED) is 0.680. The van der Waals surface area contributed by atoms with Gasteiger partial charge in [0, 0.05) is 0 Å². The molecule has 1 aromatic carbocycles. The van der Waals surface area contributed by atoms with Crippen molar-refractivity contribution in [1.82, 2.24) is 15.0 Å². The van der Waals surface area contributed by atoms with Crippen molar-refractivity contribution in [2.24, 2.45) is 5.10 Å². The normalized spacial score (nSPS) is 10.6. The van der Waals surface area contributed by atoms with E-state index in [4.69, 9.17) is 4.74 Å². The van der Waals surface area contributed by atoms with Gasteiger partial charge in [0.2, 0.25) is 0 Å². The molecule has 0 radical (unpaired) electrons. The van der Waals surface area contributed by atoms with Gasteiger partial charge in [0.1, 0.15) is 10.6 Å². The van der Waals surface area contributed by atoms with Crippen molar-refractivity contribution in [2.45, 2.75) is 6.92 Å². The Balaban J connectivity index is 1.96. The highest BCUT2D eigenvalue weighted by atomic mass is 32.1. The van der Waals surface area contributed by atoms with Crippen LogP contribution in [-0.4, -0.2) is 28.8 Å². The summed E-state index contributed by atoms with van der Waals surface area (Å²) in [5.41, 5.74) is 3.89. The summed E-state index contributed by atoms with van der Waals surface area (Å²) in [5.74, 6) is 0.463. The van der Waals surface area contributed by atoms with Crippen LogP contribution in [0.15, 0.2) is 29.4 Å². The molecule has 0 saturated heterocycles. The molecule has 0 atom stereocenters. The van der Waals surface area contributed by atoms with Gasteiger partial charge in [-0.25, -0.2) is 5.43 Å². The molecule has 0 spiro atoms. The first-order valence-corrected chi connectivity index (χ1v) is 6.24. The summed E-state index contributed by atoms with van der Waals surface area (Å²) in [4.78, 5) is 12.2. The van der Waals surface area contributed by atoms with Crippen molar-refractivity contribution in [3.63, 3.8) is 0 Å². The molecular weight excluding hydrogens is 264 g/mol. The Bertz CT molecular complexity index is 592. The van der Waals surface area contributed by atoms with Crippen LogP contribution < -0.4 is 10.2 Å². The molecule has 6 nitrogen and oxygen atoms in total. The molecule has 1 amide bonds. The number of aryl methyl sites for hydroxylation is 1. The third-order valence-electron chi connectivity index (χ3n) is 2.35. The van der Waals surface area contributed by atoms with E-state index in [1.54, 1.807) is 20.2 Å². The Hall–Kier alpha value is -2.28. The number of nitrogens with zero attached hydrogens (tertiary/aromatic N) is 3. The fourth-order valence-electron chi connectivity index (χ4n) is 1.35. The van der Waals surface area contributed by atoms with E-state index in [0.717, 1.165) is 22.8 Å². The molecule has 0 unspecified atom stereocenters. The second kappa shape index (κ2) is 6.05. The highest BCUT2D eigenvalue weighted by molar-refractivity contribution is 7.07. The summed E-state index contributed by atoms with van der Waals surface area (Å²) in [6.45, 7) is 1.73. The van der Waals surface area contributed by atoms with E-state index in [9.17, 15) is 4.79 Å². The lowest BCUT2D eigenvalue weighted by Gasteiger charge is -1.99. The standard InChI is InChI=1S/C12H12N4O2S/c1-8-11(19-16-14-8)12(17)15-13-7-9-3-5-10(18-2)6-4-9/h3-7H,1-2H3,(H,15,17)/b13-7-. The lowest BCUT2D eigenvalue weighted by Crippen LogP contribution is -2.17. The van der Waals surface area contributed by atoms with Crippen molar-refractivity contribution < 1.29 is 9.53 Å². The minimum Gasteiger partial charge on any atom is -0.497 e. The van der Waals surface area contributed by atoms with Gasteiger partial charge in [0.15, 0.2) is 0 Å². The predicted molar refractivity (Wildman–Crippen MR) is 72.7 cm³/mol. The highest BCUT2D eigenvalue weighted by Crippen LogP contribution is 2.10. The monoisotopic (exact) mass is 276 g/mol. The topological polar surface area (TPSA) is 76.5 Å². The first-order chi connectivity index (χ1) is 9.20. The van der Waals surface area contributed by atoms with Gasteiger partial charge in [-0.3, -0.25) is 4.79 Å². The van der Waals surface area contributed by atoms with Crippen LogP contribution in [0.25, 0.3) is 0 Å². The zero-order valence-corrected chi connectivity index (χ0v) is 11.3. The minimum atomic E-state index is -0.308. The number of aromatic nitrogens is 2. The molecule has 1 aromatic heterocycles. The second-order valence-corrected chi connectivity index (χ2v) is 4.41. The minimum absolute atomic E-state index is 0.308. The molecule has 0 bridgehead atoms. The van der Waals surface area contributed by atoms with Crippen molar-refractivity contribution in [3.8, 4) is 5.75 Å². The second-order valence-electron chi connectivity index (χ2n) is 3.66. The van der Waals surface area contributed by atoms with E-state index < -0.39 is 0 Å². The van der Waals surface area contributed by atoms with Crippen LogP contribution in [0.1, 0.15) is 20.9 Å². The van der Waals surface area contributed by atoms with E-state index in [2.05, 4.69) is 20.1 Å². The Morgan fingerprint density at radius 1 is 1.42 bits per heavy atom. The van der Waals surface area contributed by atoms with Gasteiger partial charge >= 0.3 is 0 Å². The number of carbonyl (C=O) groups is 1. The first-order valence-electron chi connectivity index (χ1n) is 5.47. The van der Waals surface area contributed by atoms with Crippen molar-refractivity contribution in [3.05, 3.63) is 40.4 Å². The van der Waals surface area contributed by atoms with E-state index in [-0.39, 0.29) is 5.91 Å². The fourth-order valence-corrected chi connectivity index (χ4v) is 1.89. The lowest BCUT2D eigenvalue weighted by atomic mass is 10.2. The summed E-state index contributed by atoms with van der Waals surface area (Å²) in [5, 5.41) is 7.64. The molecule has 19 heavy (non-hydrogen) atoms. The van der Waals surface area contributed by atoms with Gasteiger partial charge in [0.25, 0.3) is 5.91 Å². The number of nitrogens with one attached hydrogen (secondary N) is 1. The average molecular weight is 276 g/mol. The van der Waals surface area contributed by atoms with Gasteiger partial charge in [-0.2, -0.15) is 5.10 Å². The van der Waals surface area contributed by atoms with Crippen molar-refractivity contribution in [1.29, 1.82) is 0 Å². The number of rotatable bonds is 4. The third kappa shape index (κ3) is 3.35. The Kier molecular flexibility index (Phi) is 4.19. The zero-order chi connectivity index (χ0) is 13.7. The molecule has 0 saturated carbocycles. The maximum atomic E-state index is 11.7. The molecule has 2 rings (SSSR count). The molecule has 1 heterocycles. The average Bonchev–Trinajstić information content (AvgIpc) is 2.86. The number of hydrogen-bond donors (Lipinski definition) is 1. The zero-order valence-electron chi connectivity index (χ0n) is 10.5. The number of hydrogen-bond acceptors (Lipinski definition) is 6. The van der Waals surface area contributed by atoms with Gasteiger partial charge in [-0.05, 0) is 48.3 Å². The van der Waals surface area contributed by atoms with Crippen LogP contribution in [0, 0.1) is 6.92 Å². The molecular formula is C12H12N4O2S. The first kappa shape index (κ1) is 13.2.